The van der Waals surface area contributed by atoms with Gasteiger partial charge in [0.05, 0.1) is 71.7 Å². The lowest BCUT2D eigenvalue weighted by Gasteiger charge is -2.07. The summed E-state index contributed by atoms with van der Waals surface area (Å²) in [7, 11) is 0. The van der Waals surface area contributed by atoms with Gasteiger partial charge in [0, 0.05) is 22.3 Å². The molecule has 0 radical (unpaired) electrons. The van der Waals surface area contributed by atoms with E-state index in [2.05, 4.69) is 215 Å². The maximum absolute atomic E-state index is 5.52. The van der Waals surface area contributed by atoms with Crippen LogP contribution in [0.25, 0.3) is 87.7 Å². The van der Waals surface area contributed by atoms with Crippen molar-refractivity contribution in [3.63, 3.8) is 0 Å². The molecular weight excluding hydrogens is 1060 g/mol. The van der Waals surface area contributed by atoms with Crippen LogP contribution in [0.3, 0.4) is 0 Å². The summed E-state index contributed by atoms with van der Waals surface area (Å²) in [5.74, 6) is 0. The maximum atomic E-state index is 5.52. The fourth-order valence-electron chi connectivity index (χ4n) is 7.05. The third-order valence-corrected chi connectivity index (χ3v) is 15.8. The number of H-pyrrole nitrogens is 2. The molecule has 0 atom stereocenters. The van der Waals surface area contributed by atoms with Gasteiger partial charge >= 0.3 is 0 Å². The largest absolute Gasteiger partial charge is 0.352 e. The fourth-order valence-corrected chi connectivity index (χ4v) is 9.98. The molecule has 2 aliphatic rings. The van der Waals surface area contributed by atoms with Crippen LogP contribution >= 0.6 is 95.6 Å². The van der Waals surface area contributed by atoms with Crippen LogP contribution in [0.5, 0.6) is 0 Å². The highest BCUT2D eigenvalue weighted by molar-refractivity contribution is 9.18. The van der Waals surface area contributed by atoms with E-state index in [0.29, 0.717) is 0 Å². The Labute approximate surface area is 361 Å². The number of nitrogens with zero attached hydrogens (tertiary/aromatic N) is 2. The zero-order valence-electron chi connectivity index (χ0n) is 27.9. The number of fused-ring (bicyclic) bond motifs is 8. The Morgan fingerprint density at radius 2 is 0.611 bits per heavy atom. The van der Waals surface area contributed by atoms with Gasteiger partial charge in [0.1, 0.15) is 0 Å². The molecule has 0 fully saturated rings. The lowest BCUT2D eigenvalue weighted by molar-refractivity contribution is 1.31. The minimum absolute atomic E-state index is 0.776. The van der Waals surface area contributed by atoms with E-state index in [9.17, 15) is 0 Å². The summed E-state index contributed by atoms with van der Waals surface area (Å²) < 4.78 is 5.17. The van der Waals surface area contributed by atoms with Crippen molar-refractivity contribution in [3.05, 3.63) is 162 Å². The SMILES string of the molecule is BrC1=C(Br)c2nc1c(-c1ccccc1)c1[nH]c(c(Br)c1Br)c(-c1ccccc1)c1nc(c(-c3ccccc3)c3[nH]c(c(Br)c3Br)c2-c2ccccc2)C=C1. The highest BCUT2D eigenvalue weighted by atomic mass is 79.9. The molecule has 7 aromatic rings. The normalized spacial score (nSPS) is 12.5. The zero-order valence-corrected chi connectivity index (χ0v) is 37.4. The number of rotatable bonds is 4. The fraction of sp³-hybridized carbons (Fsp3) is 0. The van der Waals surface area contributed by atoms with Gasteiger partial charge in [-0.05, 0) is 130 Å². The summed E-state index contributed by atoms with van der Waals surface area (Å²) in [6.07, 6.45) is 4.21. The summed E-state index contributed by atoms with van der Waals surface area (Å²) in [5.41, 5.74) is 14.5. The van der Waals surface area contributed by atoms with Crippen molar-refractivity contribution in [1.29, 1.82) is 0 Å². The number of aromatic amines is 2. The highest BCUT2D eigenvalue weighted by Gasteiger charge is 2.28. The van der Waals surface area contributed by atoms with E-state index < -0.39 is 0 Å². The number of aromatic nitrogens is 4. The molecule has 54 heavy (non-hydrogen) atoms. The van der Waals surface area contributed by atoms with E-state index >= 15 is 0 Å². The second kappa shape index (κ2) is 14.8. The average molecular weight is 1090 g/mol. The summed E-state index contributed by atoms with van der Waals surface area (Å²) in [6, 6.07) is 41.5. The lowest BCUT2D eigenvalue weighted by Crippen LogP contribution is -1.90. The predicted molar refractivity (Wildman–Crippen MR) is 247 cm³/mol. The molecule has 2 N–H and O–H groups in total. The summed E-state index contributed by atoms with van der Waals surface area (Å²) in [6.45, 7) is 0. The topological polar surface area (TPSA) is 57.4 Å². The summed E-state index contributed by atoms with van der Waals surface area (Å²) in [5, 5.41) is 0. The molecule has 0 spiro atoms. The van der Waals surface area contributed by atoms with Crippen molar-refractivity contribution in [1.82, 2.24) is 19.9 Å². The Morgan fingerprint density at radius 3 is 0.926 bits per heavy atom. The van der Waals surface area contributed by atoms with Crippen LogP contribution < -0.4 is 0 Å². The van der Waals surface area contributed by atoms with E-state index in [0.717, 1.165) is 116 Å². The van der Waals surface area contributed by atoms with Gasteiger partial charge < -0.3 is 9.97 Å². The first-order chi connectivity index (χ1) is 26.3. The number of hydrogen-bond donors (Lipinski definition) is 2. The standard InChI is InChI=1S/C44H24Br6N4/c45-33-35(47)41-31(25-17-9-3-10-18-25)43-37(49)38(50)44(54-43)32(26-19-11-4-12-20-26)42-36(48)34(46)40(53-42)30(24-15-7-2-8-16-24)28-22-21-27(51-28)29(39(33)52-41)23-13-5-1-6-14-23/h1-22,52-53H. The molecule has 4 nitrogen and oxygen atoms in total. The van der Waals surface area contributed by atoms with E-state index in [1.165, 1.54) is 0 Å². The Morgan fingerprint density at radius 1 is 0.333 bits per heavy atom. The first kappa shape index (κ1) is 36.0. The predicted octanol–water partition coefficient (Wildman–Crippen LogP) is 15.8. The number of benzene rings is 4. The number of halogens is 6. The average Bonchev–Trinajstić information content (AvgIpc) is 3.95. The van der Waals surface area contributed by atoms with Gasteiger partial charge in [0.15, 0.2) is 0 Å². The zero-order chi connectivity index (χ0) is 37.1. The smallest absolute Gasteiger partial charge is 0.0891 e. The molecule has 3 aromatic heterocycles. The van der Waals surface area contributed by atoms with Crippen molar-refractivity contribution in [2.75, 3.05) is 0 Å². The molecule has 4 aromatic carbocycles. The molecule has 0 saturated carbocycles. The van der Waals surface area contributed by atoms with Crippen molar-refractivity contribution >= 4 is 139 Å². The Balaban J connectivity index is 1.60. The van der Waals surface area contributed by atoms with Crippen molar-refractivity contribution in [2.45, 2.75) is 0 Å². The van der Waals surface area contributed by atoms with Gasteiger partial charge in [-0.25, -0.2) is 9.97 Å². The molecule has 9 rings (SSSR count). The van der Waals surface area contributed by atoms with Gasteiger partial charge in [-0.1, -0.05) is 121 Å². The van der Waals surface area contributed by atoms with Crippen LogP contribution in [0.2, 0.25) is 0 Å². The molecule has 2 aliphatic heterocycles. The first-order valence-electron chi connectivity index (χ1n) is 16.8. The molecule has 10 heteroatoms. The summed E-state index contributed by atoms with van der Waals surface area (Å²) >= 11 is 24.1. The minimum atomic E-state index is 0.776. The van der Waals surface area contributed by atoms with Crippen LogP contribution in [-0.4, -0.2) is 19.9 Å². The first-order valence-corrected chi connectivity index (χ1v) is 21.6. The van der Waals surface area contributed by atoms with Crippen LogP contribution in [0.1, 0.15) is 22.8 Å². The highest BCUT2D eigenvalue weighted by Crippen LogP contribution is 2.50. The van der Waals surface area contributed by atoms with Gasteiger partial charge in [-0.2, -0.15) is 0 Å². The Kier molecular flexibility index (Phi) is 9.86. The van der Waals surface area contributed by atoms with Crippen LogP contribution in [0, 0.1) is 0 Å². The van der Waals surface area contributed by atoms with Gasteiger partial charge in [-0.15, -0.1) is 0 Å². The van der Waals surface area contributed by atoms with Crippen LogP contribution in [-0.2, 0) is 0 Å². The van der Waals surface area contributed by atoms with E-state index in [-0.39, 0.29) is 0 Å². The van der Waals surface area contributed by atoms with Gasteiger partial charge in [-0.3, -0.25) is 0 Å². The van der Waals surface area contributed by atoms with E-state index in [1.54, 1.807) is 0 Å². The molecule has 0 amide bonds. The maximum Gasteiger partial charge on any atom is 0.0891 e. The van der Waals surface area contributed by atoms with Crippen LogP contribution in [0.4, 0.5) is 0 Å². The monoisotopic (exact) mass is 1080 g/mol. The molecule has 0 saturated heterocycles. The van der Waals surface area contributed by atoms with Crippen LogP contribution in [0.15, 0.2) is 139 Å². The third-order valence-electron chi connectivity index (χ3n) is 9.47. The quantitative estimate of drug-likeness (QED) is 0.185. The van der Waals surface area contributed by atoms with Gasteiger partial charge in [0.2, 0.25) is 0 Å². The second-order valence-corrected chi connectivity index (χ2v) is 17.4. The molecule has 5 heterocycles. The minimum Gasteiger partial charge on any atom is -0.352 e. The Hall–Kier alpha value is -3.64. The Bertz CT molecular complexity index is 2670. The van der Waals surface area contributed by atoms with Crippen molar-refractivity contribution in [3.8, 4) is 44.5 Å². The van der Waals surface area contributed by atoms with Crippen molar-refractivity contribution < 1.29 is 0 Å². The second-order valence-electron chi connectivity index (χ2n) is 12.6. The van der Waals surface area contributed by atoms with E-state index in [4.69, 9.17) is 9.97 Å². The van der Waals surface area contributed by atoms with Crippen molar-refractivity contribution in [2.24, 2.45) is 0 Å². The number of nitrogens with one attached hydrogen (secondary N) is 2. The molecule has 0 aliphatic carbocycles. The van der Waals surface area contributed by atoms with Gasteiger partial charge in [0.25, 0.3) is 0 Å². The third kappa shape index (κ3) is 6.10. The molecular formula is C44H24Br6N4. The van der Waals surface area contributed by atoms with E-state index in [1.807, 2.05) is 24.3 Å². The molecule has 8 bridgehead atoms. The lowest BCUT2D eigenvalue weighted by atomic mass is 10.0. The summed E-state index contributed by atoms with van der Waals surface area (Å²) in [4.78, 5) is 18.7. The molecule has 0 unspecified atom stereocenters. The molecule has 262 valence electrons. The number of hydrogen-bond acceptors (Lipinski definition) is 2.